The number of nitrogens with two attached hydrogens (primary N) is 2. The van der Waals surface area contributed by atoms with E-state index in [4.69, 9.17) is 23.1 Å². The van der Waals surface area contributed by atoms with Crippen molar-refractivity contribution in [2.45, 2.75) is 25.6 Å². The quantitative estimate of drug-likeness (QED) is 0.382. The minimum atomic E-state index is -1.29. The molecule has 4 N–H and O–H groups in total. The van der Waals surface area contributed by atoms with Crippen LogP contribution in [0.4, 0.5) is 18.9 Å². The van der Waals surface area contributed by atoms with E-state index in [9.17, 15) is 18.0 Å². The molecule has 2 heterocycles. The first-order valence-electron chi connectivity index (χ1n) is 11.6. The number of piperidine rings is 1. The van der Waals surface area contributed by atoms with Crippen molar-refractivity contribution in [2.75, 3.05) is 18.0 Å². The number of hydrogen-bond acceptors (Lipinski definition) is 5. The highest BCUT2D eigenvalue weighted by Crippen LogP contribution is 2.41. The topological polar surface area (TPSA) is 98.1 Å². The number of alkyl halides is 1. The SMILES string of the molecule is Cc1cc(F)cc(-c2nnc3cc(Cl)c(-c4cc(F)cc(C(N)=O)c4)cc3c2N2CC[C@H](N)[C@H](F)C2)c1. The predicted molar refractivity (Wildman–Crippen MR) is 138 cm³/mol. The zero-order valence-corrected chi connectivity index (χ0v) is 20.6. The Morgan fingerprint density at radius 2 is 1.76 bits per heavy atom. The van der Waals surface area contributed by atoms with Gasteiger partial charge in [-0.1, -0.05) is 11.6 Å². The zero-order chi connectivity index (χ0) is 26.4. The Hall–Kier alpha value is -3.69. The number of aromatic nitrogens is 2. The maximum absolute atomic E-state index is 14.8. The van der Waals surface area contributed by atoms with Gasteiger partial charge in [0.2, 0.25) is 5.91 Å². The van der Waals surface area contributed by atoms with E-state index in [1.807, 2.05) is 4.90 Å². The second-order valence-corrected chi connectivity index (χ2v) is 9.68. The van der Waals surface area contributed by atoms with Crippen molar-refractivity contribution in [3.05, 3.63) is 76.3 Å². The van der Waals surface area contributed by atoms with Crippen LogP contribution in [0.2, 0.25) is 5.02 Å². The molecule has 0 aliphatic carbocycles. The van der Waals surface area contributed by atoms with E-state index in [2.05, 4.69) is 10.2 Å². The number of nitrogens with zero attached hydrogens (tertiary/aromatic N) is 3. The van der Waals surface area contributed by atoms with Gasteiger partial charge in [0.25, 0.3) is 0 Å². The molecule has 190 valence electrons. The molecule has 0 unspecified atom stereocenters. The van der Waals surface area contributed by atoms with Crippen molar-refractivity contribution in [2.24, 2.45) is 11.5 Å². The summed E-state index contributed by atoms with van der Waals surface area (Å²) < 4.78 is 43.5. The highest BCUT2D eigenvalue weighted by atomic mass is 35.5. The molecular weight excluding hydrogens is 503 g/mol. The summed E-state index contributed by atoms with van der Waals surface area (Å²) >= 11 is 6.55. The molecule has 10 heteroatoms. The molecule has 1 amide bonds. The maximum Gasteiger partial charge on any atom is 0.248 e. The van der Waals surface area contributed by atoms with E-state index in [-0.39, 0.29) is 17.1 Å². The summed E-state index contributed by atoms with van der Waals surface area (Å²) in [5.74, 6) is -1.88. The lowest BCUT2D eigenvalue weighted by atomic mass is 9.96. The van der Waals surface area contributed by atoms with Crippen molar-refractivity contribution < 1.29 is 18.0 Å². The van der Waals surface area contributed by atoms with Crippen molar-refractivity contribution in [3.8, 4) is 22.4 Å². The molecule has 5 rings (SSSR count). The van der Waals surface area contributed by atoms with Gasteiger partial charge in [-0.05, 0) is 73.0 Å². The fourth-order valence-electron chi connectivity index (χ4n) is 4.74. The lowest BCUT2D eigenvalue weighted by Gasteiger charge is -2.36. The molecule has 1 fully saturated rings. The van der Waals surface area contributed by atoms with E-state index in [0.717, 1.165) is 6.07 Å². The van der Waals surface area contributed by atoms with Crippen molar-refractivity contribution in [3.63, 3.8) is 0 Å². The molecule has 0 saturated carbocycles. The number of fused-ring (bicyclic) bond motifs is 1. The summed E-state index contributed by atoms with van der Waals surface area (Å²) in [5.41, 5.74) is 14.5. The second kappa shape index (κ2) is 9.64. The summed E-state index contributed by atoms with van der Waals surface area (Å²) in [4.78, 5) is 13.5. The third-order valence-corrected chi connectivity index (χ3v) is 6.85. The van der Waals surface area contributed by atoms with Gasteiger partial charge in [-0.15, -0.1) is 10.2 Å². The van der Waals surface area contributed by atoms with E-state index in [1.165, 1.54) is 24.3 Å². The van der Waals surface area contributed by atoms with Crippen LogP contribution in [0.25, 0.3) is 33.3 Å². The highest BCUT2D eigenvalue weighted by Gasteiger charge is 2.30. The first-order valence-corrected chi connectivity index (χ1v) is 12.0. The van der Waals surface area contributed by atoms with Crippen LogP contribution in [0.15, 0.2) is 48.5 Å². The first kappa shape index (κ1) is 25.0. The number of rotatable bonds is 4. The Kier molecular flexibility index (Phi) is 6.51. The Labute approximate surface area is 216 Å². The van der Waals surface area contributed by atoms with Crippen molar-refractivity contribution in [1.82, 2.24) is 10.2 Å². The van der Waals surface area contributed by atoms with Crippen LogP contribution in [-0.2, 0) is 0 Å². The summed E-state index contributed by atoms with van der Waals surface area (Å²) in [5, 5.41) is 9.49. The van der Waals surface area contributed by atoms with Crippen LogP contribution >= 0.6 is 11.6 Å². The van der Waals surface area contributed by atoms with Gasteiger partial charge in [-0.25, -0.2) is 13.2 Å². The Balaban J connectivity index is 1.79. The monoisotopic (exact) mass is 525 g/mol. The van der Waals surface area contributed by atoms with Gasteiger partial charge < -0.3 is 16.4 Å². The molecule has 2 atom stereocenters. The lowest BCUT2D eigenvalue weighted by molar-refractivity contribution is 0.1000. The number of hydrogen-bond donors (Lipinski definition) is 2. The number of benzene rings is 3. The third-order valence-electron chi connectivity index (χ3n) is 6.54. The molecule has 1 aliphatic rings. The molecule has 1 aromatic heterocycles. The zero-order valence-electron chi connectivity index (χ0n) is 19.8. The minimum Gasteiger partial charge on any atom is -0.366 e. The number of carbonyl (C=O) groups excluding carboxylic acids is 1. The van der Waals surface area contributed by atoms with Crippen LogP contribution in [0.5, 0.6) is 0 Å². The molecule has 1 saturated heterocycles. The fraction of sp³-hybridized carbons (Fsp3) is 0.222. The van der Waals surface area contributed by atoms with Gasteiger partial charge in [-0.2, -0.15) is 0 Å². The smallest absolute Gasteiger partial charge is 0.248 e. The maximum atomic E-state index is 14.8. The molecule has 37 heavy (non-hydrogen) atoms. The van der Waals surface area contributed by atoms with Crippen LogP contribution < -0.4 is 16.4 Å². The van der Waals surface area contributed by atoms with Gasteiger partial charge >= 0.3 is 0 Å². The molecule has 0 bridgehead atoms. The molecular formula is C27H23ClF3N5O. The Bertz CT molecular complexity index is 1530. The standard InChI is InChI=1S/C27H23ClF3N5O/c1-13-4-15(8-17(29)5-13)25-26(36-3-2-23(32)22(31)12-36)20-10-19(21(28)11-24(20)34-35-25)14-6-16(27(33)37)9-18(30)7-14/h4-11,22-23H,2-3,12,32H2,1H3,(H2,33,37)/t22-,23+/m1/s1. The molecule has 4 aromatic rings. The van der Waals surface area contributed by atoms with E-state index >= 15 is 0 Å². The number of halogens is 4. The van der Waals surface area contributed by atoms with Crippen molar-refractivity contribution in [1.29, 1.82) is 0 Å². The number of aryl methyl sites for hydroxylation is 1. The summed E-state index contributed by atoms with van der Waals surface area (Å²) in [7, 11) is 0. The number of carbonyl (C=O) groups is 1. The molecule has 0 radical (unpaired) electrons. The first-order chi connectivity index (χ1) is 17.6. The minimum absolute atomic E-state index is 0.00695. The largest absolute Gasteiger partial charge is 0.366 e. The number of amides is 1. The average molecular weight is 526 g/mol. The van der Waals surface area contributed by atoms with Gasteiger partial charge in [0.05, 0.1) is 22.8 Å². The van der Waals surface area contributed by atoms with Crippen LogP contribution in [-0.4, -0.2) is 41.4 Å². The van der Waals surface area contributed by atoms with E-state index in [0.29, 0.717) is 57.5 Å². The van der Waals surface area contributed by atoms with Crippen LogP contribution in [0.1, 0.15) is 22.3 Å². The Morgan fingerprint density at radius 1 is 1.03 bits per heavy atom. The molecule has 1 aliphatic heterocycles. The van der Waals surface area contributed by atoms with Gasteiger partial charge in [0, 0.05) is 34.7 Å². The van der Waals surface area contributed by atoms with Gasteiger partial charge in [0.1, 0.15) is 23.5 Å². The predicted octanol–water partition coefficient (Wildman–Crippen LogP) is 5.18. The third kappa shape index (κ3) is 4.84. The van der Waals surface area contributed by atoms with Crippen LogP contribution in [0, 0.1) is 18.6 Å². The molecule has 6 nitrogen and oxygen atoms in total. The summed E-state index contributed by atoms with van der Waals surface area (Å²) in [6.45, 7) is 2.21. The normalized spacial score (nSPS) is 17.8. The average Bonchev–Trinajstić information content (AvgIpc) is 2.83. The van der Waals surface area contributed by atoms with E-state index in [1.54, 1.807) is 25.1 Å². The van der Waals surface area contributed by atoms with E-state index < -0.39 is 29.8 Å². The number of primary amides is 1. The summed E-state index contributed by atoms with van der Waals surface area (Å²) in [6, 6.07) is 10.9. The molecule has 3 aromatic carbocycles. The van der Waals surface area contributed by atoms with Gasteiger partial charge in [-0.3, -0.25) is 4.79 Å². The summed E-state index contributed by atoms with van der Waals surface area (Å²) in [6.07, 6.45) is -0.883. The van der Waals surface area contributed by atoms with Crippen LogP contribution in [0.3, 0.4) is 0 Å². The highest BCUT2D eigenvalue weighted by molar-refractivity contribution is 6.34. The Morgan fingerprint density at radius 3 is 2.46 bits per heavy atom. The molecule has 0 spiro atoms. The second-order valence-electron chi connectivity index (χ2n) is 9.27. The fourth-order valence-corrected chi connectivity index (χ4v) is 5.00. The number of anilines is 1. The lowest BCUT2D eigenvalue weighted by Crippen LogP contribution is -2.48. The van der Waals surface area contributed by atoms with Crippen molar-refractivity contribution >= 4 is 34.1 Å². The van der Waals surface area contributed by atoms with Gasteiger partial charge in [0.15, 0.2) is 0 Å².